The summed E-state index contributed by atoms with van der Waals surface area (Å²) in [6.07, 6.45) is 0.228. The summed E-state index contributed by atoms with van der Waals surface area (Å²) in [6.45, 7) is 4.00. The number of anilines is 1. The zero-order valence-electron chi connectivity index (χ0n) is 15.7. The number of hydrogen-bond acceptors (Lipinski definition) is 6. The van der Waals surface area contributed by atoms with Crippen LogP contribution in [0.15, 0.2) is 40.8 Å². The highest BCUT2D eigenvalue weighted by Crippen LogP contribution is 2.33. The largest absolute Gasteiger partial charge is 0.497 e. The van der Waals surface area contributed by atoms with Crippen molar-refractivity contribution in [1.82, 2.24) is 10.2 Å². The summed E-state index contributed by atoms with van der Waals surface area (Å²) in [5.74, 6) is 1.19. The zero-order valence-corrected chi connectivity index (χ0v) is 15.7. The Morgan fingerprint density at radius 1 is 1.07 bits per heavy atom. The number of carbonyl (C=O) groups excluding carboxylic acids is 1. The number of rotatable bonds is 6. The van der Waals surface area contributed by atoms with E-state index in [1.54, 1.807) is 32.4 Å². The molecule has 0 atom stereocenters. The fourth-order valence-corrected chi connectivity index (χ4v) is 2.74. The Morgan fingerprint density at radius 2 is 1.89 bits per heavy atom. The topological polar surface area (TPSA) is 86.5 Å². The molecule has 1 heterocycles. The van der Waals surface area contributed by atoms with Crippen LogP contribution in [0.4, 0.5) is 6.01 Å². The number of amides is 1. The van der Waals surface area contributed by atoms with Crippen LogP contribution < -0.4 is 14.8 Å². The maximum Gasteiger partial charge on any atom is 0.322 e. The van der Waals surface area contributed by atoms with E-state index in [4.69, 9.17) is 13.9 Å². The van der Waals surface area contributed by atoms with Gasteiger partial charge in [-0.2, -0.15) is 0 Å². The molecule has 0 bridgehead atoms. The van der Waals surface area contributed by atoms with Gasteiger partial charge in [0.1, 0.15) is 11.5 Å². The number of methoxy groups -OCH3 is 2. The van der Waals surface area contributed by atoms with Crippen molar-refractivity contribution in [2.45, 2.75) is 20.3 Å². The molecule has 1 N–H and O–H groups in total. The van der Waals surface area contributed by atoms with Gasteiger partial charge in [0, 0.05) is 0 Å². The number of ether oxygens (including phenoxy) is 2. The van der Waals surface area contributed by atoms with Crippen LogP contribution in [-0.4, -0.2) is 30.3 Å². The van der Waals surface area contributed by atoms with Crippen LogP contribution >= 0.6 is 0 Å². The molecule has 0 saturated heterocycles. The van der Waals surface area contributed by atoms with Gasteiger partial charge in [0.25, 0.3) is 5.89 Å². The Hall–Kier alpha value is -3.35. The smallest absolute Gasteiger partial charge is 0.322 e. The zero-order chi connectivity index (χ0) is 19.4. The average molecular weight is 367 g/mol. The first-order valence-electron chi connectivity index (χ1n) is 8.42. The summed E-state index contributed by atoms with van der Waals surface area (Å²) in [4.78, 5) is 12.3. The standard InChI is InChI=1S/C20H21N3O4/c1-12-5-6-14(13(2)9-12)10-18(24)21-20-23-22-19(27-20)16-11-15(25-3)7-8-17(16)26-4/h5-9,11H,10H2,1-4H3,(H,21,23,24). The van der Waals surface area contributed by atoms with Crippen LogP contribution in [0.2, 0.25) is 0 Å². The van der Waals surface area contributed by atoms with Gasteiger partial charge in [-0.05, 0) is 43.2 Å². The highest BCUT2D eigenvalue weighted by atomic mass is 16.5. The second-order valence-electron chi connectivity index (χ2n) is 6.13. The molecule has 3 aromatic rings. The van der Waals surface area contributed by atoms with E-state index < -0.39 is 0 Å². The minimum atomic E-state index is -0.227. The van der Waals surface area contributed by atoms with Gasteiger partial charge >= 0.3 is 6.01 Å². The average Bonchev–Trinajstić information content (AvgIpc) is 3.11. The summed E-state index contributed by atoms with van der Waals surface area (Å²) >= 11 is 0. The van der Waals surface area contributed by atoms with Gasteiger partial charge in [0.15, 0.2) is 0 Å². The first-order valence-corrected chi connectivity index (χ1v) is 8.42. The molecular weight excluding hydrogens is 346 g/mol. The van der Waals surface area contributed by atoms with Crippen molar-refractivity contribution < 1.29 is 18.7 Å². The van der Waals surface area contributed by atoms with Crippen molar-refractivity contribution >= 4 is 11.9 Å². The van der Waals surface area contributed by atoms with Crippen LogP contribution in [0.1, 0.15) is 16.7 Å². The lowest BCUT2D eigenvalue weighted by Gasteiger charge is -2.07. The normalized spacial score (nSPS) is 10.5. The molecule has 0 unspecified atom stereocenters. The Balaban J connectivity index is 1.75. The first-order chi connectivity index (χ1) is 13.0. The molecule has 27 heavy (non-hydrogen) atoms. The Labute approximate surface area is 157 Å². The van der Waals surface area contributed by atoms with Gasteiger partial charge in [-0.25, -0.2) is 0 Å². The number of nitrogens with zero attached hydrogens (tertiary/aromatic N) is 2. The summed E-state index contributed by atoms with van der Waals surface area (Å²) in [5.41, 5.74) is 3.76. The maximum absolute atomic E-state index is 12.3. The molecule has 0 fully saturated rings. The SMILES string of the molecule is COc1ccc(OC)c(-c2nnc(NC(=O)Cc3ccc(C)cc3C)o2)c1. The van der Waals surface area contributed by atoms with E-state index in [2.05, 4.69) is 15.5 Å². The van der Waals surface area contributed by atoms with E-state index in [0.717, 1.165) is 16.7 Å². The fraction of sp³-hybridized carbons (Fsp3) is 0.250. The van der Waals surface area contributed by atoms with Gasteiger partial charge in [0.2, 0.25) is 5.91 Å². The second kappa shape index (κ2) is 7.90. The molecule has 2 aromatic carbocycles. The van der Waals surface area contributed by atoms with Gasteiger partial charge in [-0.3, -0.25) is 10.1 Å². The van der Waals surface area contributed by atoms with E-state index in [-0.39, 0.29) is 24.2 Å². The highest BCUT2D eigenvalue weighted by Gasteiger charge is 2.16. The Bertz CT molecular complexity index is 966. The molecule has 0 aliphatic carbocycles. The lowest BCUT2D eigenvalue weighted by atomic mass is 10.0. The van der Waals surface area contributed by atoms with Gasteiger partial charge in [0.05, 0.1) is 26.2 Å². The van der Waals surface area contributed by atoms with Gasteiger partial charge in [-0.15, -0.1) is 5.10 Å². The molecule has 0 saturated carbocycles. The third-order valence-corrected chi connectivity index (χ3v) is 4.16. The monoisotopic (exact) mass is 367 g/mol. The van der Waals surface area contributed by atoms with E-state index >= 15 is 0 Å². The van der Waals surface area contributed by atoms with Gasteiger partial charge < -0.3 is 13.9 Å². The number of carbonyl (C=O) groups is 1. The molecule has 7 nitrogen and oxygen atoms in total. The lowest BCUT2D eigenvalue weighted by molar-refractivity contribution is -0.115. The van der Waals surface area contributed by atoms with Crippen LogP contribution in [-0.2, 0) is 11.2 Å². The molecule has 0 aliphatic heterocycles. The molecule has 7 heteroatoms. The lowest BCUT2D eigenvalue weighted by Crippen LogP contribution is -2.15. The maximum atomic E-state index is 12.3. The Kier molecular flexibility index (Phi) is 5.40. The predicted octanol–water partition coefficient (Wildman–Crippen LogP) is 3.55. The summed E-state index contributed by atoms with van der Waals surface area (Å²) in [7, 11) is 3.12. The molecule has 0 aliphatic rings. The van der Waals surface area contributed by atoms with Crippen LogP contribution in [0.3, 0.4) is 0 Å². The predicted molar refractivity (Wildman–Crippen MR) is 101 cm³/mol. The number of hydrogen-bond donors (Lipinski definition) is 1. The molecule has 3 rings (SSSR count). The minimum absolute atomic E-state index is 0.0321. The summed E-state index contributed by atoms with van der Waals surface area (Å²) in [6, 6.07) is 11.3. The molecule has 1 amide bonds. The van der Waals surface area contributed by atoms with Crippen molar-refractivity contribution in [3.8, 4) is 23.0 Å². The van der Waals surface area contributed by atoms with Gasteiger partial charge in [-0.1, -0.05) is 28.9 Å². The number of nitrogens with one attached hydrogen (secondary N) is 1. The van der Waals surface area contributed by atoms with E-state index in [1.165, 1.54) is 0 Å². The van der Waals surface area contributed by atoms with E-state index in [0.29, 0.717) is 17.1 Å². The quantitative estimate of drug-likeness (QED) is 0.717. The number of aryl methyl sites for hydroxylation is 2. The third-order valence-electron chi connectivity index (χ3n) is 4.16. The summed E-state index contributed by atoms with van der Waals surface area (Å²) < 4.78 is 16.1. The molecular formula is C20H21N3O4. The highest BCUT2D eigenvalue weighted by molar-refractivity contribution is 5.90. The first kappa shape index (κ1) is 18.4. The third kappa shape index (κ3) is 4.25. The van der Waals surface area contributed by atoms with Crippen molar-refractivity contribution in [2.24, 2.45) is 0 Å². The van der Waals surface area contributed by atoms with Crippen LogP contribution in [0.25, 0.3) is 11.5 Å². The Morgan fingerprint density at radius 3 is 2.59 bits per heavy atom. The number of benzene rings is 2. The van der Waals surface area contributed by atoms with Crippen LogP contribution in [0, 0.1) is 13.8 Å². The summed E-state index contributed by atoms with van der Waals surface area (Å²) in [5, 5.41) is 10.5. The molecule has 140 valence electrons. The van der Waals surface area contributed by atoms with Crippen molar-refractivity contribution in [2.75, 3.05) is 19.5 Å². The second-order valence-corrected chi connectivity index (χ2v) is 6.13. The molecule has 1 aromatic heterocycles. The van der Waals surface area contributed by atoms with Crippen molar-refractivity contribution in [3.63, 3.8) is 0 Å². The fourth-order valence-electron chi connectivity index (χ4n) is 2.74. The minimum Gasteiger partial charge on any atom is -0.497 e. The molecule has 0 spiro atoms. The van der Waals surface area contributed by atoms with Crippen LogP contribution in [0.5, 0.6) is 11.5 Å². The number of aromatic nitrogens is 2. The van der Waals surface area contributed by atoms with E-state index in [9.17, 15) is 4.79 Å². The van der Waals surface area contributed by atoms with Crippen molar-refractivity contribution in [1.29, 1.82) is 0 Å². The van der Waals surface area contributed by atoms with Crippen molar-refractivity contribution in [3.05, 3.63) is 53.1 Å². The molecule has 0 radical (unpaired) electrons. The van der Waals surface area contributed by atoms with E-state index in [1.807, 2.05) is 32.0 Å².